The molecule has 0 aliphatic rings. The molecule has 0 heterocycles. The Morgan fingerprint density at radius 3 is 2.23 bits per heavy atom. The lowest BCUT2D eigenvalue weighted by Gasteiger charge is -2.14. The summed E-state index contributed by atoms with van der Waals surface area (Å²) in [5.74, 6) is -0.803. The maximum absolute atomic E-state index is 13.1. The molecule has 0 spiro atoms. The van der Waals surface area contributed by atoms with E-state index < -0.39 is 27.7 Å². The number of sulfonamides is 1. The number of nitrogens with one attached hydrogen (secondary N) is 2. The highest BCUT2D eigenvalue weighted by atomic mass is 32.2. The van der Waals surface area contributed by atoms with Gasteiger partial charge in [-0.15, -0.1) is 0 Å². The molecule has 0 aromatic heterocycles. The maximum Gasteiger partial charge on any atom is 0.418 e. The SMILES string of the molecule is Cc1ccc(S(=O)(=O)Nc2cccc(C(=O)Nc3ccccc3C(F)(F)F)c2)cc1. The zero-order valence-electron chi connectivity index (χ0n) is 15.7. The molecular formula is C21H17F3N2O3S. The van der Waals surface area contributed by atoms with E-state index in [1.165, 1.54) is 48.5 Å². The summed E-state index contributed by atoms with van der Waals surface area (Å²) in [6.45, 7) is 1.82. The molecule has 0 radical (unpaired) electrons. The quantitative estimate of drug-likeness (QED) is 0.589. The molecule has 0 fully saturated rings. The van der Waals surface area contributed by atoms with E-state index in [0.717, 1.165) is 17.7 Å². The molecular weight excluding hydrogens is 417 g/mol. The minimum absolute atomic E-state index is 0.00363. The number of rotatable bonds is 5. The number of anilines is 2. The third kappa shape index (κ3) is 4.98. The van der Waals surface area contributed by atoms with E-state index >= 15 is 0 Å². The molecule has 3 aromatic carbocycles. The fraction of sp³-hybridized carbons (Fsp3) is 0.0952. The van der Waals surface area contributed by atoms with Crippen LogP contribution < -0.4 is 10.0 Å². The van der Waals surface area contributed by atoms with E-state index in [2.05, 4.69) is 10.0 Å². The first-order valence-electron chi connectivity index (χ1n) is 8.73. The van der Waals surface area contributed by atoms with Crippen molar-refractivity contribution in [2.75, 3.05) is 10.0 Å². The van der Waals surface area contributed by atoms with Crippen LogP contribution in [0.1, 0.15) is 21.5 Å². The molecule has 156 valence electrons. The van der Waals surface area contributed by atoms with Gasteiger partial charge < -0.3 is 5.32 Å². The molecule has 0 unspecified atom stereocenters. The normalized spacial score (nSPS) is 11.7. The Kier molecular flexibility index (Phi) is 5.84. The molecule has 0 saturated carbocycles. The van der Waals surface area contributed by atoms with Gasteiger partial charge in [0.05, 0.1) is 16.1 Å². The number of amides is 1. The second-order valence-electron chi connectivity index (χ2n) is 6.50. The molecule has 0 aliphatic heterocycles. The lowest BCUT2D eigenvalue weighted by atomic mass is 10.1. The third-order valence-corrected chi connectivity index (χ3v) is 5.59. The summed E-state index contributed by atoms with van der Waals surface area (Å²) in [5, 5.41) is 2.23. The van der Waals surface area contributed by atoms with Gasteiger partial charge in [0.25, 0.3) is 15.9 Å². The number of alkyl halides is 3. The van der Waals surface area contributed by atoms with Crippen LogP contribution in [0, 0.1) is 6.92 Å². The van der Waals surface area contributed by atoms with Crippen molar-refractivity contribution < 1.29 is 26.4 Å². The van der Waals surface area contributed by atoms with Gasteiger partial charge in [-0.25, -0.2) is 8.42 Å². The Labute approximate surface area is 171 Å². The van der Waals surface area contributed by atoms with Gasteiger partial charge in [0.2, 0.25) is 0 Å². The number of carbonyl (C=O) groups is 1. The van der Waals surface area contributed by atoms with Crippen LogP contribution in [0.15, 0.2) is 77.7 Å². The summed E-state index contributed by atoms with van der Waals surface area (Å²) < 4.78 is 66.7. The molecule has 0 atom stereocenters. The standard InChI is InChI=1S/C21H17F3N2O3S/c1-14-9-11-17(12-10-14)30(28,29)26-16-6-4-5-15(13-16)20(27)25-19-8-3-2-7-18(19)21(22,23)24/h2-13,26H,1H3,(H,25,27). The second-order valence-corrected chi connectivity index (χ2v) is 8.18. The van der Waals surface area contributed by atoms with Gasteiger partial charge in [-0.2, -0.15) is 13.2 Å². The van der Waals surface area contributed by atoms with Gasteiger partial charge in [0.15, 0.2) is 0 Å². The Balaban J connectivity index is 1.82. The molecule has 30 heavy (non-hydrogen) atoms. The summed E-state index contributed by atoms with van der Waals surface area (Å²) in [6, 6.07) is 16.3. The van der Waals surface area contributed by atoms with Gasteiger partial charge in [0.1, 0.15) is 0 Å². The first-order chi connectivity index (χ1) is 14.1. The summed E-state index contributed by atoms with van der Waals surface area (Å²) in [6.07, 6.45) is -4.63. The zero-order chi connectivity index (χ0) is 21.9. The first kappa shape index (κ1) is 21.4. The van der Waals surface area contributed by atoms with Crippen LogP contribution in [0.4, 0.5) is 24.5 Å². The number of benzene rings is 3. The van der Waals surface area contributed by atoms with E-state index in [1.807, 2.05) is 6.92 Å². The first-order valence-corrected chi connectivity index (χ1v) is 10.2. The highest BCUT2D eigenvalue weighted by Gasteiger charge is 2.33. The van der Waals surface area contributed by atoms with Gasteiger partial charge >= 0.3 is 6.18 Å². The van der Waals surface area contributed by atoms with Crippen molar-refractivity contribution in [2.45, 2.75) is 18.0 Å². The molecule has 5 nitrogen and oxygen atoms in total. The summed E-state index contributed by atoms with van der Waals surface area (Å²) in [5.41, 5.74) is -0.370. The van der Waals surface area contributed by atoms with Crippen LogP contribution in [-0.4, -0.2) is 14.3 Å². The highest BCUT2D eigenvalue weighted by molar-refractivity contribution is 7.92. The average molecular weight is 434 g/mol. The molecule has 0 aliphatic carbocycles. The maximum atomic E-state index is 13.1. The fourth-order valence-electron chi connectivity index (χ4n) is 2.69. The van der Waals surface area contributed by atoms with E-state index in [-0.39, 0.29) is 21.8 Å². The minimum Gasteiger partial charge on any atom is -0.321 e. The van der Waals surface area contributed by atoms with Crippen molar-refractivity contribution in [3.63, 3.8) is 0 Å². The van der Waals surface area contributed by atoms with Gasteiger partial charge in [-0.3, -0.25) is 9.52 Å². The Bertz CT molecular complexity index is 1170. The van der Waals surface area contributed by atoms with Crippen LogP contribution >= 0.6 is 0 Å². The van der Waals surface area contributed by atoms with Crippen molar-refractivity contribution in [3.8, 4) is 0 Å². The van der Waals surface area contributed by atoms with E-state index in [0.29, 0.717) is 0 Å². The molecule has 9 heteroatoms. The number of carbonyl (C=O) groups excluding carboxylic acids is 1. The van der Waals surface area contributed by atoms with E-state index in [4.69, 9.17) is 0 Å². The highest BCUT2D eigenvalue weighted by Crippen LogP contribution is 2.34. The van der Waals surface area contributed by atoms with Crippen molar-refractivity contribution in [2.24, 2.45) is 0 Å². The summed E-state index contributed by atoms with van der Waals surface area (Å²) in [7, 11) is -3.89. The average Bonchev–Trinajstić information content (AvgIpc) is 2.68. The lowest BCUT2D eigenvalue weighted by molar-refractivity contribution is -0.136. The van der Waals surface area contributed by atoms with Crippen molar-refractivity contribution in [1.29, 1.82) is 0 Å². The number of para-hydroxylation sites is 1. The monoisotopic (exact) mass is 434 g/mol. The summed E-state index contributed by atoms with van der Waals surface area (Å²) >= 11 is 0. The van der Waals surface area contributed by atoms with Crippen LogP contribution in [0.2, 0.25) is 0 Å². The van der Waals surface area contributed by atoms with Crippen LogP contribution in [0.3, 0.4) is 0 Å². The third-order valence-electron chi connectivity index (χ3n) is 4.19. The lowest BCUT2D eigenvalue weighted by Crippen LogP contribution is -2.17. The molecule has 1 amide bonds. The Hall–Kier alpha value is -3.33. The molecule has 3 rings (SSSR count). The number of aryl methyl sites for hydroxylation is 1. The van der Waals surface area contributed by atoms with Crippen LogP contribution in [-0.2, 0) is 16.2 Å². The predicted octanol–water partition coefficient (Wildman–Crippen LogP) is 5.07. The van der Waals surface area contributed by atoms with Gasteiger partial charge in [0, 0.05) is 11.3 Å². The fourth-order valence-corrected chi connectivity index (χ4v) is 3.74. The van der Waals surface area contributed by atoms with Gasteiger partial charge in [-0.05, 0) is 49.4 Å². The van der Waals surface area contributed by atoms with Gasteiger partial charge in [-0.1, -0.05) is 35.9 Å². The number of hydrogen-bond acceptors (Lipinski definition) is 3. The van der Waals surface area contributed by atoms with Crippen molar-refractivity contribution in [3.05, 3.63) is 89.5 Å². The Morgan fingerprint density at radius 1 is 0.900 bits per heavy atom. The minimum atomic E-state index is -4.63. The van der Waals surface area contributed by atoms with Crippen LogP contribution in [0.5, 0.6) is 0 Å². The molecule has 2 N–H and O–H groups in total. The van der Waals surface area contributed by atoms with Crippen LogP contribution in [0.25, 0.3) is 0 Å². The second kappa shape index (κ2) is 8.19. The number of halogens is 3. The number of hydrogen-bond donors (Lipinski definition) is 2. The smallest absolute Gasteiger partial charge is 0.321 e. The molecule has 0 saturated heterocycles. The summed E-state index contributed by atoms with van der Waals surface area (Å²) in [4.78, 5) is 12.5. The van der Waals surface area contributed by atoms with E-state index in [9.17, 15) is 26.4 Å². The topological polar surface area (TPSA) is 75.3 Å². The molecule has 0 bridgehead atoms. The van der Waals surface area contributed by atoms with Crippen molar-refractivity contribution in [1.82, 2.24) is 0 Å². The van der Waals surface area contributed by atoms with Crippen molar-refractivity contribution >= 4 is 27.3 Å². The Morgan fingerprint density at radius 2 is 1.57 bits per heavy atom. The predicted molar refractivity (Wildman–Crippen MR) is 108 cm³/mol. The largest absolute Gasteiger partial charge is 0.418 e. The molecule has 3 aromatic rings. The van der Waals surface area contributed by atoms with E-state index in [1.54, 1.807) is 12.1 Å². The zero-order valence-corrected chi connectivity index (χ0v) is 16.5.